The van der Waals surface area contributed by atoms with E-state index in [9.17, 15) is 0 Å². The van der Waals surface area contributed by atoms with Crippen LogP contribution in [0, 0.1) is 0 Å². The lowest BCUT2D eigenvalue weighted by Crippen LogP contribution is -1.92. The van der Waals surface area contributed by atoms with Crippen molar-refractivity contribution in [3.05, 3.63) is 84.1 Å². The van der Waals surface area contributed by atoms with E-state index in [0.717, 1.165) is 54.9 Å². The normalized spacial score (nSPS) is 11.8. The number of benzene rings is 4. The molecule has 132 valence electrons. The lowest BCUT2D eigenvalue weighted by Gasteiger charge is -2.09. The molecular formula is C24H13ClN2O. The molecule has 0 saturated carbocycles. The van der Waals surface area contributed by atoms with Crippen LogP contribution in [0.3, 0.4) is 0 Å². The van der Waals surface area contributed by atoms with Crippen molar-refractivity contribution in [3.63, 3.8) is 0 Å². The van der Waals surface area contributed by atoms with Gasteiger partial charge in [0.1, 0.15) is 11.2 Å². The third kappa shape index (κ3) is 2.17. The first-order valence-corrected chi connectivity index (χ1v) is 9.43. The summed E-state index contributed by atoms with van der Waals surface area (Å²) in [6.07, 6.45) is 0. The first-order chi connectivity index (χ1) is 13.8. The van der Waals surface area contributed by atoms with Crippen molar-refractivity contribution in [1.82, 2.24) is 9.97 Å². The number of hydrogen-bond acceptors (Lipinski definition) is 3. The smallest absolute Gasteiger partial charge is 0.223 e. The summed E-state index contributed by atoms with van der Waals surface area (Å²) in [5.41, 5.74) is 4.20. The number of fused-ring (bicyclic) bond motifs is 6. The molecule has 6 rings (SSSR count). The van der Waals surface area contributed by atoms with Crippen LogP contribution in [-0.4, -0.2) is 9.97 Å². The van der Waals surface area contributed by atoms with E-state index in [1.54, 1.807) is 0 Å². The van der Waals surface area contributed by atoms with E-state index in [1.807, 2.05) is 48.5 Å². The number of hydrogen-bond donors (Lipinski definition) is 0. The van der Waals surface area contributed by atoms with Crippen LogP contribution in [0.1, 0.15) is 0 Å². The molecule has 0 atom stereocenters. The Morgan fingerprint density at radius 1 is 0.714 bits per heavy atom. The van der Waals surface area contributed by atoms with Crippen LogP contribution in [0.2, 0.25) is 5.28 Å². The van der Waals surface area contributed by atoms with Crippen molar-refractivity contribution >= 4 is 55.2 Å². The highest BCUT2D eigenvalue weighted by atomic mass is 35.5. The van der Waals surface area contributed by atoms with Gasteiger partial charge in [0.05, 0.1) is 11.2 Å². The van der Waals surface area contributed by atoms with Crippen LogP contribution < -0.4 is 0 Å². The van der Waals surface area contributed by atoms with Gasteiger partial charge in [0.25, 0.3) is 0 Å². The van der Waals surface area contributed by atoms with Crippen LogP contribution in [-0.2, 0) is 0 Å². The quantitative estimate of drug-likeness (QED) is 0.288. The van der Waals surface area contributed by atoms with Gasteiger partial charge < -0.3 is 4.42 Å². The van der Waals surface area contributed by atoms with Gasteiger partial charge in [-0.3, -0.25) is 0 Å². The molecule has 0 aliphatic carbocycles. The van der Waals surface area contributed by atoms with E-state index >= 15 is 0 Å². The first-order valence-electron chi connectivity index (χ1n) is 9.05. The Bertz CT molecular complexity index is 1530. The zero-order valence-corrected chi connectivity index (χ0v) is 15.4. The molecule has 0 radical (unpaired) electrons. The Morgan fingerprint density at radius 3 is 2.32 bits per heavy atom. The topological polar surface area (TPSA) is 38.9 Å². The third-order valence-electron chi connectivity index (χ3n) is 5.20. The number of para-hydroxylation sites is 2. The lowest BCUT2D eigenvalue weighted by molar-refractivity contribution is 0.670. The molecule has 0 aliphatic rings. The van der Waals surface area contributed by atoms with Crippen LogP contribution in [0.25, 0.3) is 54.9 Å². The third-order valence-corrected chi connectivity index (χ3v) is 5.37. The van der Waals surface area contributed by atoms with Crippen molar-refractivity contribution in [2.75, 3.05) is 0 Å². The van der Waals surface area contributed by atoms with Crippen molar-refractivity contribution in [1.29, 1.82) is 0 Å². The van der Waals surface area contributed by atoms with Gasteiger partial charge in [0.2, 0.25) is 5.28 Å². The van der Waals surface area contributed by atoms with E-state index in [0.29, 0.717) is 0 Å². The molecule has 0 amide bonds. The average molecular weight is 381 g/mol. The fourth-order valence-electron chi connectivity index (χ4n) is 4.00. The van der Waals surface area contributed by atoms with Gasteiger partial charge in [-0.15, -0.1) is 0 Å². The SMILES string of the molecule is Clc1nc(-c2cc3ccccc3c3c2oc2ccccc23)c2ccccc2n1. The molecule has 0 unspecified atom stereocenters. The predicted octanol–water partition coefficient (Wildman–Crippen LogP) is 7.00. The van der Waals surface area contributed by atoms with Crippen LogP contribution in [0.5, 0.6) is 0 Å². The largest absolute Gasteiger partial charge is 0.455 e. The monoisotopic (exact) mass is 380 g/mol. The molecule has 0 spiro atoms. The molecule has 0 N–H and O–H groups in total. The highest BCUT2D eigenvalue weighted by molar-refractivity contribution is 6.29. The summed E-state index contributed by atoms with van der Waals surface area (Å²) >= 11 is 6.27. The molecular weight excluding hydrogens is 368 g/mol. The minimum absolute atomic E-state index is 0.228. The Kier molecular flexibility index (Phi) is 3.22. The van der Waals surface area contributed by atoms with Gasteiger partial charge in [-0.25, -0.2) is 9.97 Å². The second-order valence-corrected chi connectivity index (χ2v) is 7.14. The maximum Gasteiger partial charge on any atom is 0.223 e. The number of halogens is 1. The summed E-state index contributed by atoms with van der Waals surface area (Å²) in [5.74, 6) is 0. The van der Waals surface area contributed by atoms with E-state index in [4.69, 9.17) is 16.0 Å². The van der Waals surface area contributed by atoms with E-state index < -0.39 is 0 Å². The van der Waals surface area contributed by atoms with Gasteiger partial charge >= 0.3 is 0 Å². The molecule has 2 aromatic heterocycles. The van der Waals surface area contributed by atoms with Gasteiger partial charge in [-0.05, 0) is 40.6 Å². The average Bonchev–Trinajstić information content (AvgIpc) is 3.12. The second kappa shape index (κ2) is 5.78. The molecule has 4 heteroatoms. The summed E-state index contributed by atoms with van der Waals surface area (Å²) < 4.78 is 6.33. The summed E-state index contributed by atoms with van der Waals surface area (Å²) in [4.78, 5) is 8.96. The maximum atomic E-state index is 6.33. The van der Waals surface area contributed by atoms with E-state index in [-0.39, 0.29) is 5.28 Å². The standard InChI is InChI=1S/C24H13ClN2O/c25-24-26-19-11-5-3-9-16(19)22(27-24)18-13-14-7-1-2-8-15(14)21-17-10-4-6-12-20(17)28-23(18)21/h1-13H. The highest BCUT2D eigenvalue weighted by Gasteiger charge is 2.19. The van der Waals surface area contributed by atoms with Crippen LogP contribution in [0.4, 0.5) is 0 Å². The fourth-order valence-corrected chi connectivity index (χ4v) is 4.18. The Balaban J connectivity index is 1.87. The molecule has 3 nitrogen and oxygen atoms in total. The number of rotatable bonds is 1. The Hall–Kier alpha value is -3.43. The predicted molar refractivity (Wildman–Crippen MR) is 115 cm³/mol. The van der Waals surface area contributed by atoms with Crippen molar-refractivity contribution < 1.29 is 4.42 Å². The van der Waals surface area contributed by atoms with Crippen LogP contribution >= 0.6 is 11.6 Å². The van der Waals surface area contributed by atoms with Gasteiger partial charge in [-0.1, -0.05) is 60.7 Å². The zero-order chi connectivity index (χ0) is 18.7. The number of aromatic nitrogens is 2. The Labute approximate surface area is 165 Å². The lowest BCUT2D eigenvalue weighted by atomic mass is 9.97. The summed E-state index contributed by atoms with van der Waals surface area (Å²) in [6.45, 7) is 0. The molecule has 6 aromatic rings. The molecule has 0 aliphatic heterocycles. The minimum Gasteiger partial charge on any atom is -0.455 e. The van der Waals surface area contributed by atoms with Gasteiger partial charge in [0.15, 0.2) is 0 Å². The minimum atomic E-state index is 0.228. The van der Waals surface area contributed by atoms with E-state index in [2.05, 4.69) is 40.3 Å². The Morgan fingerprint density at radius 2 is 1.43 bits per heavy atom. The van der Waals surface area contributed by atoms with Crippen LogP contribution in [0.15, 0.2) is 83.3 Å². The van der Waals surface area contributed by atoms with Crippen molar-refractivity contribution in [2.45, 2.75) is 0 Å². The summed E-state index contributed by atoms with van der Waals surface area (Å²) in [5, 5.41) is 5.67. The molecule has 2 heterocycles. The van der Waals surface area contributed by atoms with Gasteiger partial charge in [0, 0.05) is 21.7 Å². The molecule has 0 fully saturated rings. The highest BCUT2D eigenvalue weighted by Crippen LogP contribution is 2.41. The molecule has 28 heavy (non-hydrogen) atoms. The fraction of sp³-hybridized carbons (Fsp3) is 0. The van der Waals surface area contributed by atoms with Gasteiger partial charge in [-0.2, -0.15) is 0 Å². The first kappa shape index (κ1) is 15.6. The molecule has 0 bridgehead atoms. The van der Waals surface area contributed by atoms with Crippen molar-refractivity contribution in [3.8, 4) is 11.3 Å². The second-order valence-electron chi connectivity index (χ2n) is 6.81. The molecule has 4 aromatic carbocycles. The van der Waals surface area contributed by atoms with E-state index in [1.165, 1.54) is 0 Å². The number of furan rings is 1. The van der Waals surface area contributed by atoms with Crippen molar-refractivity contribution in [2.24, 2.45) is 0 Å². The molecule has 0 saturated heterocycles. The number of nitrogens with zero attached hydrogens (tertiary/aromatic N) is 2. The summed E-state index contributed by atoms with van der Waals surface area (Å²) in [7, 11) is 0. The summed E-state index contributed by atoms with van der Waals surface area (Å²) in [6, 6.07) is 26.5. The maximum absolute atomic E-state index is 6.33. The zero-order valence-electron chi connectivity index (χ0n) is 14.7.